The molecular formula is C20H24N6S. The second-order valence-corrected chi connectivity index (χ2v) is 7.55. The summed E-state index contributed by atoms with van der Waals surface area (Å²) in [6, 6.07) is 14.5. The fourth-order valence-electron chi connectivity index (χ4n) is 2.49. The molecule has 0 bridgehead atoms. The summed E-state index contributed by atoms with van der Waals surface area (Å²) in [5.41, 5.74) is 1.09. The largest absolute Gasteiger partial charge is 0.355 e. The molecule has 140 valence electrons. The van der Waals surface area contributed by atoms with E-state index >= 15 is 0 Å². The lowest BCUT2D eigenvalue weighted by Gasteiger charge is -2.16. The Hall–Kier alpha value is -2.80. The summed E-state index contributed by atoms with van der Waals surface area (Å²) in [6.07, 6.45) is 7.22. The second-order valence-electron chi connectivity index (χ2n) is 6.04. The van der Waals surface area contributed by atoms with Crippen molar-refractivity contribution in [3.05, 3.63) is 72.9 Å². The van der Waals surface area contributed by atoms with Gasteiger partial charge in [-0.2, -0.15) is 0 Å². The van der Waals surface area contributed by atoms with Crippen LogP contribution >= 0.6 is 11.8 Å². The fourth-order valence-corrected chi connectivity index (χ4v) is 3.43. The number of aliphatic imine (C=N–C) groups is 1. The maximum atomic E-state index is 4.47. The van der Waals surface area contributed by atoms with Crippen LogP contribution in [0.25, 0.3) is 5.82 Å². The SMILES string of the molecule is CN=C(NCc1ccc(-n2ccnc2)nc1)NCC(C)Sc1ccccc1. The smallest absolute Gasteiger partial charge is 0.191 e. The number of imidazole rings is 1. The van der Waals surface area contributed by atoms with Crippen molar-refractivity contribution < 1.29 is 0 Å². The third-order valence-corrected chi connectivity index (χ3v) is 5.01. The fraction of sp³-hybridized carbons (Fsp3) is 0.250. The normalized spacial score (nSPS) is 12.6. The van der Waals surface area contributed by atoms with Crippen LogP contribution in [0.4, 0.5) is 0 Å². The highest BCUT2D eigenvalue weighted by atomic mass is 32.2. The summed E-state index contributed by atoms with van der Waals surface area (Å²) in [5, 5.41) is 7.14. The summed E-state index contributed by atoms with van der Waals surface area (Å²) in [6.45, 7) is 3.70. The number of nitrogens with one attached hydrogen (secondary N) is 2. The van der Waals surface area contributed by atoms with E-state index in [2.05, 4.69) is 62.8 Å². The van der Waals surface area contributed by atoms with Crippen LogP contribution in [0.3, 0.4) is 0 Å². The van der Waals surface area contributed by atoms with Gasteiger partial charge >= 0.3 is 0 Å². The number of hydrogen-bond acceptors (Lipinski definition) is 4. The van der Waals surface area contributed by atoms with Crippen molar-refractivity contribution in [3.63, 3.8) is 0 Å². The highest BCUT2D eigenvalue weighted by molar-refractivity contribution is 8.00. The summed E-state index contributed by atoms with van der Waals surface area (Å²) in [7, 11) is 1.78. The van der Waals surface area contributed by atoms with Crippen molar-refractivity contribution in [3.8, 4) is 5.82 Å². The number of pyridine rings is 1. The van der Waals surface area contributed by atoms with E-state index in [-0.39, 0.29) is 0 Å². The number of guanidine groups is 1. The minimum absolute atomic E-state index is 0.432. The number of benzene rings is 1. The molecule has 1 unspecified atom stereocenters. The van der Waals surface area contributed by atoms with Gasteiger partial charge in [-0.25, -0.2) is 9.97 Å². The van der Waals surface area contributed by atoms with Crippen LogP contribution in [0.1, 0.15) is 12.5 Å². The lowest BCUT2D eigenvalue weighted by Crippen LogP contribution is -2.39. The molecule has 2 aromatic heterocycles. The Balaban J connectivity index is 1.45. The van der Waals surface area contributed by atoms with E-state index in [1.807, 2.05) is 40.9 Å². The van der Waals surface area contributed by atoms with Gasteiger partial charge in [-0.15, -0.1) is 11.8 Å². The summed E-state index contributed by atoms with van der Waals surface area (Å²) in [5.74, 6) is 1.64. The maximum absolute atomic E-state index is 4.47. The van der Waals surface area contributed by atoms with Crippen molar-refractivity contribution in [2.45, 2.75) is 23.6 Å². The summed E-state index contributed by atoms with van der Waals surface area (Å²) >= 11 is 1.85. The van der Waals surface area contributed by atoms with E-state index in [0.29, 0.717) is 11.8 Å². The molecule has 2 heterocycles. The maximum Gasteiger partial charge on any atom is 0.191 e. The number of hydrogen-bond donors (Lipinski definition) is 2. The molecule has 1 atom stereocenters. The lowest BCUT2D eigenvalue weighted by atomic mass is 10.3. The minimum atomic E-state index is 0.432. The first kappa shape index (κ1) is 19.0. The molecule has 6 nitrogen and oxygen atoms in total. The van der Waals surface area contributed by atoms with Crippen molar-refractivity contribution in [2.24, 2.45) is 4.99 Å². The molecule has 0 saturated carbocycles. The Kier molecular flexibility index (Phi) is 6.87. The van der Waals surface area contributed by atoms with Crippen molar-refractivity contribution >= 4 is 17.7 Å². The Morgan fingerprint density at radius 2 is 2.04 bits per heavy atom. The van der Waals surface area contributed by atoms with Crippen molar-refractivity contribution in [1.29, 1.82) is 0 Å². The molecule has 27 heavy (non-hydrogen) atoms. The molecule has 0 aliphatic carbocycles. The number of nitrogens with zero attached hydrogens (tertiary/aromatic N) is 4. The van der Waals surface area contributed by atoms with E-state index in [4.69, 9.17) is 0 Å². The van der Waals surface area contributed by atoms with E-state index < -0.39 is 0 Å². The van der Waals surface area contributed by atoms with Gasteiger partial charge < -0.3 is 10.6 Å². The summed E-state index contributed by atoms with van der Waals surface area (Å²) in [4.78, 5) is 14.1. The first-order valence-corrected chi connectivity index (χ1v) is 9.72. The van der Waals surface area contributed by atoms with E-state index in [0.717, 1.165) is 23.9 Å². The molecule has 3 aromatic rings. The lowest BCUT2D eigenvalue weighted by molar-refractivity contribution is 0.788. The molecule has 0 fully saturated rings. The average molecular weight is 381 g/mol. The monoisotopic (exact) mass is 380 g/mol. The van der Waals surface area contributed by atoms with Gasteiger partial charge in [0.05, 0.1) is 0 Å². The zero-order valence-corrected chi connectivity index (χ0v) is 16.4. The Labute approximate surface area is 164 Å². The second kappa shape index (κ2) is 9.78. The quantitative estimate of drug-likeness (QED) is 0.374. The number of thioether (sulfide) groups is 1. The van der Waals surface area contributed by atoms with E-state index in [1.165, 1.54) is 4.90 Å². The van der Waals surface area contributed by atoms with Crippen LogP contribution < -0.4 is 10.6 Å². The Morgan fingerprint density at radius 3 is 2.70 bits per heavy atom. The van der Waals surface area contributed by atoms with Crippen molar-refractivity contribution in [1.82, 2.24) is 25.2 Å². The van der Waals surface area contributed by atoms with Gasteiger partial charge in [0.25, 0.3) is 0 Å². The Bertz CT molecular complexity index is 831. The van der Waals surface area contributed by atoms with E-state index in [1.54, 1.807) is 19.6 Å². The molecular weight excluding hydrogens is 356 g/mol. The molecule has 1 aromatic carbocycles. The molecule has 0 saturated heterocycles. The first-order valence-electron chi connectivity index (χ1n) is 8.84. The zero-order valence-electron chi connectivity index (χ0n) is 15.5. The third kappa shape index (κ3) is 5.86. The van der Waals surface area contributed by atoms with Crippen LogP contribution in [-0.2, 0) is 6.54 Å². The standard InChI is InChI=1S/C20H24N6S/c1-16(27-18-6-4-3-5-7-18)12-24-20(21-2)25-14-17-8-9-19(23-13-17)26-11-10-22-15-26/h3-11,13,15-16H,12,14H2,1-2H3,(H2,21,24,25). The molecule has 3 rings (SSSR count). The van der Waals surface area contributed by atoms with Gasteiger partial charge in [0.1, 0.15) is 12.1 Å². The minimum Gasteiger partial charge on any atom is -0.355 e. The van der Waals surface area contributed by atoms with Gasteiger partial charge in [-0.1, -0.05) is 31.2 Å². The Morgan fingerprint density at radius 1 is 1.19 bits per heavy atom. The van der Waals surface area contributed by atoms with Gasteiger partial charge in [-0.05, 0) is 23.8 Å². The molecule has 0 spiro atoms. The highest BCUT2D eigenvalue weighted by Crippen LogP contribution is 2.21. The third-order valence-electron chi connectivity index (χ3n) is 3.90. The highest BCUT2D eigenvalue weighted by Gasteiger charge is 2.06. The number of rotatable bonds is 7. The van der Waals surface area contributed by atoms with Crippen LogP contribution in [0, 0.1) is 0 Å². The van der Waals surface area contributed by atoms with Crippen LogP contribution in [0.5, 0.6) is 0 Å². The van der Waals surface area contributed by atoms with Crippen molar-refractivity contribution in [2.75, 3.05) is 13.6 Å². The molecule has 7 heteroatoms. The first-order chi connectivity index (χ1) is 13.2. The molecule has 0 aliphatic heterocycles. The van der Waals surface area contributed by atoms with Gasteiger partial charge in [-0.3, -0.25) is 9.56 Å². The van der Waals surface area contributed by atoms with Gasteiger partial charge in [0.15, 0.2) is 5.96 Å². The van der Waals surface area contributed by atoms with E-state index in [9.17, 15) is 0 Å². The molecule has 0 aliphatic rings. The predicted octanol–water partition coefficient (Wildman–Crippen LogP) is 3.11. The zero-order chi connectivity index (χ0) is 18.9. The predicted molar refractivity (Wildman–Crippen MR) is 111 cm³/mol. The van der Waals surface area contributed by atoms with Gasteiger partial charge in [0, 0.05) is 48.9 Å². The summed E-state index contributed by atoms with van der Waals surface area (Å²) < 4.78 is 1.88. The van der Waals surface area contributed by atoms with Gasteiger partial charge in [0.2, 0.25) is 0 Å². The van der Waals surface area contributed by atoms with Crippen LogP contribution in [0.2, 0.25) is 0 Å². The topological polar surface area (TPSA) is 67.1 Å². The number of aromatic nitrogens is 3. The molecule has 0 amide bonds. The molecule has 0 radical (unpaired) electrons. The van der Waals surface area contributed by atoms with Crippen LogP contribution in [0.15, 0.2) is 77.3 Å². The molecule has 2 N–H and O–H groups in total. The van der Waals surface area contributed by atoms with Crippen LogP contribution in [-0.4, -0.2) is 39.3 Å². The average Bonchev–Trinajstić information content (AvgIpc) is 3.24.